The van der Waals surface area contributed by atoms with Crippen molar-refractivity contribution in [2.24, 2.45) is 0 Å². The van der Waals surface area contributed by atoms with E-state index in [1.165, 1.54) is 17.0 Å². The summed E-state index contributed by atoms with van der Waals surface area (Å²) >= 11 is 12.8. The lowest BCUT2D eigenvalue weighted by Gasteiger charge is -2.35. The molecule has 1 atom stereocenters. The third-order valence-corrected chi connectivity index (χ3v) is 10.2. The van der Waals surface area contributed by atoms with Crippen LogP contribution in [0.15, 0.2) is 138 Å². The van der Waals surface area contributed by atoms with Gasteiger partial charge in [-0.2, -0.15) is 0 Å². The zero-order chi connectivity index (χ0) is 36.6. The first-order chi connectivity index (χ1) is 24.3. The predicted molar refractivity (Wildman–Crippen MR) is 203 cm³/mol. The Morgan fingerprint density at radius 3 is 1.92 bits per heavy atom. The Kier molecular flexibility index (Phi) is 12.1. The van der Waals surface area contributed by atoms with Gasteiger partial charge in [0.25, 0.3) is 10.0 Å². The van der Waals surface area contributed by atoms with Gasteiger partial charge in [-0.15, -0.1) is 0 Å². The molecule has 51 heavy (non-hydrogen) atoms. The number of nitrogens with one attached hydrogen (secondary N) is 1. The molecule has 8 nitrogen and oxygen atoms in total. The van der Waals surface area contributed by atoms with E-state index in [0.29, 0.717) is 27.1 Å². The molecule has 0 radical (unpaired) electrons. The number of sulfonamides is 1. The first-order valence-electron chi connectivity index (χ1n) is 16.3. The van der Waals surface area contributed by atoms with Crippen LogP contribution >= 0.6 is 23.2 Å². The standard InChI is InChI=1S/C40H39Cl2N3O5S/c1-40(2,3)43-39(47)37(25-29-13-7-4-8-14-29)44(27-30-19-20-31(41)26-36(30)42)38(46)28-45(51(48,49)35-17-11-6-12-18-35)32-21-23-34(24-22-32)50-33-15-9-5-10-16-33/h4-24,26,37H,25,27-28H2,1-3H3,(H,43,47)/t37-/m1/s1. The number of halogens is 2. The van der Waals surface area contributed by atoms with Gasteiger partial charge in [-0.05, 0) is 92.6 Å². The molecule has 264 valence electrons. The van der Waals surface area contributed by atoms with Crippen molar-refractivity contribution >= 4 is 50.7 Å². The quantitative estimate of drug-likeness (QED) is 0.130. The highest BCUT2D eigenvalue weighted by atomic mass is 35.5. The van der Waals surface area contributed by atoms with Crippen molar-refractivity contribution in [1.82, 2.24) is 10.2 Å². The van der Waals surface area contributed by atoms with Crippen LogP contribution < -0.4 is 14.4 Å². The molecule has 0 fully saturated rings. The summed E-state index contributed by atoms with van der Waals surface area (Å²) in [6, 6.07) is 36.7. The van der Waals surface area contributed by atoms with Gasteiger partial charge in [0, 0.05) is 28.5 Å². The highest BCUT2D eigenvalue weighted by Gasteiger charge is 2.36. The fourth-order valence-electron chi connectivity index (χ4n) is 5.39. The van der Waals surface area contributed by atoms with E-state index in [1.54, 1.807) is 60.7 Å². The predicted octanol–water partition coefficient (Wildman–Crippen LogP) is 8.54. The number of amides is 2. The van der Waals surface area contributed by atoms with Gasteiger partial charge >= 0.3 is 0 Å². The van der Waals surface area contributed by atoms with Gasteiger partial charge in [-0.1, -0.05) is 96.0 Å². The number of hydrogen-bond acceptors (Lipinski definition) is 5. The van der Waals surface area contributed by atoms with Crippen LogP contribution in [0.2, 0.25) is 10.0 Å². The molecular formula is C40H39Cl2N3O5S. The van der Waals surface area contributed by atoms with Gasteiger partial charge in [0.2, 0.25) is 11.8 Å². The van der Waals surface area contributed by atoms with Crippen LogP contribution in [0.1, 0.15) is 31.9 Å². The van der Waals surface area contributed by atoms with E-state index < -0.39 is 40.0 Å². The Balaban J connectivity index is 1.58. The summed E-state index contributed by atoms with van der Waals surface area (Å²) in [5.41, 5.74) is 0.964. The number of ether oxygens (including phenoxy) is 1. The van der Waals surface area contributed by atoms with Crippen LogP contribution in [-0.2, 0) is 32.6 Å². The minimum absolute atomic E-state index is 0.000943. The smallest absolute Gasteiger partial charge is 0.264 e. The zero-order valence-electron chi connectivity index (χ0n) is 28.5. The minimum atomic E-state index is -4.27. The number of carbonyl (C=O) groups is 2. The average Bonchev–Trinajstić information content (AvgIpc) is 3.10. The van der Waals surface area contributed by atoms with E-state index in [4.69, 9.17) is 27.9 Å². The SMILES string of the molecule is CC(C)(C)NC(=O)[C@@H](Cc1ccccc1)N(Cc1ccc(Cl)cc1Cl)C(=O)CN(c1ccc(Oc2ccccc2)cc1)S(=O)(=O)c1ccccc1. The summed E-state index contributed by atoms with van der Waals surface area (Å²) in [6.45, 7) is 4.85. The van der Waals surface area contributed by atoms with Gasteiger partial charge < -0.3 is 15.0 Å². The molecule has 0 aromatic heterocycles. The number of anilines is 1. The summed E-state index contributed by atoms with van der Waals surface area (Å²) < 4.78 is 35.6. The molecule has 0 aliphatic rings. The Morgan fingerprint density at radius 1 is 0.765 bits per heavy atom. The molecule has 0 heterocycles. The maximum absolute atomic E-state index is 14.7. The number of para-hydroxylation sites is 1. The van der Waals surface area contributed by atoms with Crippen molar-refractivity contribution < 1.29 is 22.7 Å². The molecule has 0 aliphatic heterocycles. The first-order valence-corrected chi connectivity index (χ1v) is 18.5. The van der Waals surface area contributed by atoms with E-state index in [9.17, 15) is 18.0 Å². The molecule has 0 spiro atoms. The lowest BCUT2D eigenvalue weighted by molar-refractivity contribution is -0.140. The number of hydrogen-bond donors (Lipinski definition) is 1. The van der Waals surface area contributed by atoms with E-state index in [0.717, 1.165) is 9.87 Å². The van der Waals surface area contributed by atoms with Gasteiger partial charge in [0.1, 0.15) is 24.1 Å². The molecular weight excluding hydrogens is 705 g/mol. The lowest BCUT2D eigenvalue weighted by Crippen LogP contribution is -2.56. The van der Waals surface area contributed by atoms with Crippen LogP contribution in [0.25, 0.3) is 0 Å². The Hall–Kier alpha value is -4.83. The van der Waals surface area contributed by atoms with Gasteiger partial charge in [-0.3, -0.25) is 13.9 Å². The summed E-state index contributed by atoms with van der Waals surface area (Å²) in [5.74, 6) is 0.0811. The topological polar surface area (TPSA) is 96.0 Å². The number of benzene rings is 5. The largest absolute Gasteiger partial charge is 0.457 e. The van der Waals surface area contributed by atoms with Crippen LogP contribution in [0.3, 0.4) is 0 Å². The van der Waals surface area contributed by atoms with Crippen molar-refractivity contribution in [2.45, 2.75) is 50.2 Å². The second-order valence-corrected chi connectivity index (χ2v) is 15.6. The Morgan fingerprint density at radius 2 is 1.33 bits per heavy atom. The van der Waals surface area contributed by atoms with E-state index in [1.807, 2.05) is 81.4 Å². The molecule has 0 unspecified atom stereocenters. The second kappa shape index (κ2) is 16.5. The van der Waals surface area contributed by atoms with Crippen molar-refractivity contribution in [2.75, 3.05) is 10.8 Å². The number of carbonyl (C=O) groups excluding carboxylic acids is 2. The van der Waals surface area contributed by atoms with Gasteiger partial charge in [0.05, 0.1) is 10.6 Å². The van der Waals surface area contributed by atoms with Crippen molar-refractivity contribution in [3.8, 4) is 11.5 Å². The summed E-state index contributed by atoms with van der Waals surface area (Å²) in [7, 11) is -4.27. The number of rotatable bonds is 13. The third kappa shape index (κ3) is 10.1. The van der Waals surface area contributed by atoms with E-state index >= 15 is 0 Å². The molecule has 5 rings (SSSR count). The van der Waals surface area contributed by atoms with E-state index in [2.05, 4.69) is 5.32 Å². The molecule has 0 saturated carbocycles. The van der Waals surface area contributed by atoms with Crippen LogP contribution in [-0.4, -0.2) is 43.3 Å². The van der Waals surface area contributed by atoms with Crippen LogP contribution in [0.4, 0.5) is 5.69 Å². The monoisotopic (exact) mass is 743 g/mol. The molecule has 5 aromatic carbocycles. The Labute approximate surface area is 309 Å². The molecule has 1 N–H and O–H groups in total. The maximum Gasteiger partial charge on any atom is 0.264 e. The van der Waals surface area contributed by atoms with E-state index in [-0.39, 0.29) is 23.5 Å². The highest BCUT2D eigenvalue weighted by Crippen LogP contribution is 2.30. The average molecular weight is 745 g/mol. The summed E-state index contributed by atoms with van der Waals surface area (Å²) in [6.07, 6.45) is 0.163. The van der Waals surface area contributed by atoms with Crippen molar-refractivity contribution in [3.63, 3.8) is 0 Å². The molecule has 2 amide bonds. The van der Waals surface area contributed by atoms with Crippen LogP contribution in [0, 0.1) is 0 Å². The second-order valence-electron chi connectivity index (χ2n) is 12.9. The van der Waals surface area contributed by atoms with Gasteiger partial charge in [-0.25, -0.2) is 8.42 Å². The molecule has 0 saturated heterocycles. The van der Waals surface area contributed by atoms with Crippen molar-refractivity contribution in [3.05, 3.63) is 155 Å². The molecule has 5 aromatic rings. The minimum Gasteiger partial charge on any atom is -0.457 e. The maximum atomic E-state index is 14.7. The molecule has 0 bridgehead atoms. The lowest BCUT2D eigenvalue weighted by atomic mass is 10.0. The number of nitrogens with zero attached hydrogens (tertiary/aromatic N) is 2. The zero-order valence-corrected chi connectivity index (χ0v) is 30.8. The highest BCUT2D eigenvalue weighted by molar-refractivity contribution is 7.92. The summed E-state index contributed by atoms with van der Waals surface area (Å²) in [4.78, 5) is 30.2. The summed E-state index contributed by atoms with van der Waals surface area (Å²) in [5, 5.41) is 3.73. The third-order valence-electron chi connectivity index (χ3n) is 7.84. The van der Waals surface area contributed by atoms with Crippen molar-refractivity contribution in [1.29, 1.82) is 0 Å². The van der Waals surface area contributed by atoms with Crippen LogP contribution in [0.5, 0.6) is 11.5 Å². The first kappa shape index (κ1) is 37.4. The van der Waals surface area contributed by atoms with Gasteiger partial charge in [0.15, 0.2) is 0 Å². The fourth-order valence-corrected chi connectivity index (χ4v) is 7.30. The fraction of sp³-hybridized carbons (Fsp3) is 0.200. The molecule has 11 heteroatoms. The molecule has 0 aliphatic carbocycles. The Bertz CT molecular complexity index is 2040. The normalized spacial score (nSPS) is 12.1.